The SMILES string of the molecule is CCN1CCC(CNC(=O)CC(N)=NO)CC1. The first-order chi connectivity index (χ1) is 8.15. The van der Waals surface area contributed by atoms with Crippen LogP contribution in [0.25, 0.3) is 0 Å². The van der Waals surface area contributed by atoms with E-state index in [0.717, 1.165) is 32.5 Å². The van der Waals surface area contributed by atoms with Crippen LogP contribution in [0.3, 0.4) is 0 Å². The highest BCUT2D eigenvalue weighted by Crippen LogP contribution is 2.15. The summed E-state index contributed by atoms with van der Waals surface area (Å²) in [6.45, 7) is 6.17. The van der Waals surface area contributed by atoms with Crippen molar-refractivity contribution in [2.75, 3.05) is 26.2 Å². The van der Waals surface area contributed by atoms with Gasteiger partial charge in [0.2, 0.25) is 5.91 Å². The zero-order chi connectivity index (χ0) is 12.7. The maximum Gasteiger partial charge on any atom is 0.227 e. The van der Waals surface area contributed by atoms with Gasteiger partial charge in [-0.25, -0.2) is 0 Å². The molecule has 1 amide bonds. The summed E-state index contributed by atoms with van der Waals surface area (Å²) in [6.07, 6.45) is 2.21. The van der Waals surface area contributed by atoms with Gasteiger partial charge in [-0.3, -0.25) is 4.79 Å². The van der Waals surface area contributed by atoms with Crippen LogP contribution < -0.4 is 11.1 Å². The van der Waals surface area contributed by atoms with E-state index < -0.39 is 0 Å². The summed E-state index contributed by atoms with van der Waals surface area (Å²) in [5, 5.41) is 13.9. The van der Waals surface area contributed by atoms with E-state index >= 15 is 0 Å². The Kier molecular flexibility index (Phi) is 5.76. The highest BCUT2D eigenvalue weighted by atomic mass is 16.4. The highest BCUT2D eigenvalue weighted by Gasteiger charge is 2.18. The molecule has 1 heterocycles. The molecule has 98 valence electrons. The van der Waals surface area contributed by atoms with Crippen LogP contribution in [-0.2, 0) is 4.79 Å². The van der Waals surface area contributed by atoms with E-state index in [1.54, 1.807) is 0 Å². The van der Waals surface area contributed by atoms with E-state index in [-0.39, 0.29) is 18.2 Å². The van der Waals surface area contributed by atoms with E-state index in [2.05, 4.69) is 22.3 Å². The van der Waals surface area contributed by atoms with E-state index in [1.807, 2.05) is 0 Å². The molecule has 1 aliphatic rings. The third-order valence-electron chi connectivity index (χ3n) is 3.21. The van der Waals surface area contributed by atoms with Gasteiger partial charge in [0.05, 0.1) is 6.42 Å². The molecule has 0 spiro atoms. The molecule has 6 heteroatoms. The zero-order valence-electron chi connectivity index (χ0n) is 10.4. The molecule has 0 aromatic carbocycles. The second-order valence-corrected chi connectivity index (χ2v) is 4.45. The Morgan fingerprint density at radius 3 is 2.71 bits per heavy atom. The number of oxime groups is 1. The van der Waals surface area contributed by atoms with Gasteiger partial charge in [-0.2, -0.15) is 0 Å². The molecule has 0 bridgehead atoms. The van der Waals surface area contributed by atoms with Gasteiger partial charge in [0.15, 0.2) is 0 Å². The first-order valence-corrected chi connectivity index (χ1v) is 6.11. The zero-order valence-corrected chi connectivity index (χ0v) is 10.4. The number of piperidine rings is 1. The maximum atomic E-state index is 11.4. The van der Waals surface area contributed by atoms with Crippen LogP contribution in [0.2, 0.25) is 0 Å². The molecule has 1 rings (SSSR count). The molecule has 1 fully saturated rings. The molecular weight excluding hydrogens is 220 g/mol. The quantitative estimate of drug-likeness (QED) is 0.273. The van der Waals surface area contributed by atoms with Crippen LogP contribution in [0.1, 0.15) is 26.2 Å². The summed E-state index contributed by atoms with van der Waals surface area (Å²) in [7, 11) is 0. The Balaban J connectivity index is 2.17. The lowest BCUT2D eigenvalue weighted by Crippen LogP contribution is -2.39. The van der Waals surface area contributed by atoms with Crippen LogP contribution in [0, 0.1) is 5.92 Å². The standard InChI is InChI=1S/C11H22N4O2/c1-2-15-5-3-9(4-6-15)8-13-11(16)7-10(12)14-17/h9,17H,2-8H2,1H3,(H2,12,14)(H,13,16). The predicted molar refractivity (Wildman–Crippen MR) is 65.9 cm³/mol. The Morgan fingerprint density at radius 1 is 1.53 bits per heavy atom. The van der Waals surface area contributed by atoms with Gasteiger partial charge in [-0.1, -0.05) is 12.1 Å². The number of nitrogens with two attached hydrogens (primary N) is 1. The number of nitrogens with zero attached hydrogens (tertiary/aromatic N) is 2. The Labute approximate surface area is 102 Å². The highest BCUT2D eigenvalue weighted by molar-refractivity contribution is 5.98. The van der Waals surface area contributed by atoms with Gasteiger partial charge in [0.25, 0.3) is 0 Å². The third kappa shape index (κ3) is 5.04. The molecule has 17 heavy (non-hydrogen) atoms. The molecule has 6 nitrogen and oxygen atoms in total. The van der Waals surface area contributed by atoms with E-state index in [0.29, 0.717) is 12.5 Å². The first-order valence-electron chi connectivity index (χ1n) is 6.11. The molecule has 0 saturated carbocycles. The van der Waals surface area contributed by atoms with Gasteiger partial charge in [-0.05, 0) is 38.4 Å². The summed E-state index contributed by atoms with van der Waals surface area (Å²) in [6, 6.07) is 0. The van der Waals surface area contributed by atoms with Gasteiger partial charge in [0.1, 0.15) is 5.84 Å². The fourth-order valence-electron chi connectivity index (χ4n) is 2.03. The lowest BCUT2D eigenvalue weighted by atomic mass is 9.97. The number of rotatable bonds is 5. The van der Waals surface area contributed by atoms with E-state index in [4.69, 9.17) is 10.9 Å². The minimum atomic E-state index is -0.182. The topological polar surface area (TPSA) is 91.0 Å². The lowest BCUT2D eigenvalue weighted by Gasteiger charge is -2.31. The fourth-order valence-corrected chi connectivity index (χ4v) is 2.03. The summed E-state index contributed by atoms with van der Waals surface area (Å²) < 4.78 is 0. The van der Waals surface area contributed by atoms with Crippen molar-refractivity contribution in [1.82, 2.24) is 10.2 Å². The number of amidine groups is 1. The molecule has 0 radical (unpaired) electrons. The van der Waals surface area contributed by atoms with Gasteiger partial charge in [0, 0.05) is 6.54 Å². The average molecular weight is 242 g/mol. The summed E-state index contributed by atoms with van der Waals surface area (Å²) in [5.74, 6) is 0.315. The second-order valence-electron chi connectivity index (χ2n) is 4.45. The van der Waals surface area contributed by atoms with Crippen molar-refractivity contribution in [2.45, 2.75) is 26.2 Å². The molecule has 0 atom stereocenters. The summed E-state index contributed by atoms with van der Waals surface area (Å²) in [4.78, 5) is 13.8. The van der Waals surface area contributed by atoms with Gasteiger partial charge >= 0.3 is 0 Å². The maximum absolute atomic E-state index is 11.4. The fraction of sp³-hybridized carbons (Fsp3) is 0.818. The van der Waals surface area contributed by atoms with E-state index in [9.17, 15) is 4.79 Å². The smallest absolute Gasteiger partial charge is 0.227 e. The van der Waals surface area contributed by atoms with Crippen molar-refractivity contribution in [2.24, 2.45) is 16.8 Å². The minimum absolute atomic E-state index is 0.0374. The van der Waals surface area contributed by atoms with Crippen molar-refractivity contribution in [3.05, 3.63) is 0 Å². The van der Waals surface area contributed by atoms with Crippen molar-refractivity contribution in [3.8, 4) is 0 Å². The number of nitrogens with one attached hydrogen (secondary N) is 1. The normalized spacial score (nSPS) is 19.2. The van der Waals surface area contributed by atoms with Gasteiger partial charge in [-0.15, -0.1) is 0 Å². The van der Waals surface area contributed by atoms with Crippen LogP contribution >= 0.6 is 0 Å². The molecular formula is C11H22N4O2. The number of hydrogen-bond donors (Lipinski definition) is 3. The second kappa shape index (κ2) is 7.11. The molecule has 4 N–H and O–H groups in total. The Morgan fingerprint density at radius 2 is 2.18 bits per heavy atom. The monoisotopic (exact) mass is 242 g/mol. The average Bonchev–Trinajstić information content (AvgIpc) is 2.36. The predicted octanol–water partition coefficient (Wildman–Crippen LogP) is -0.0290. The molecule has 0 aliphatic carbocycles. The number of amides is 1. The van der Waals surface area contributed by atoms with Crippen LogP contribution in [0.5, 0.6) is 0 Å². The van der Waals surface area contributed by atoms with Crippen molar-refractivity contribution in [1.29, 1.82) is 0 Å². The number of likely N-dealkylation sites (tertiary alicyclic amines) is 1. The van der Waals surface area contributed by atoms with Crippen molar-refractivity contribution < 1.29 is 10.0 Å². The summed E-state index contributed by atoms with van der Waals surface area (Å²) >= 11 is 0. The Hall–Kier alpha value is -1.30. The molecule has 0 aromatic rings. The lowest BCUT2D eigenvalue weighted by molar-refractivity contribution is -0.120. The summed E-state index contributed by atoms with van der Waals surface area (Å²) in [5.41, 5.74) is 5.25. The van der Waals surface area contributed by atoms with Crippen LogP contribution in [-0.4, -0.2) is 48.0 Å². The van der Waals surface area contributed by atoms with Gasteiger partial charge < -0.3 is 21.2 Å². The van der Waals surface area contributed by atoms with E-state index in [1.165, 1.54) is 0 Å². The number of hydrogen-bond acceptors (Lipinski definition) is 4. The minimum Gasteiger partial charge on any atom is -0.409 e. The molecule has 1 aliphatic heterocycles. The largest absolute Gasteiger partial charge is 0.409 e. The van der Waals surface area contributed by atoms with Crippen LogP contribution in [0.4, 0.5) is 0 Å². The number of carbonyl (C=O) groups is 1. The number of carbonyl (C=O) groups excluding carboxylic acids is 1. The first kappa shape index (κ1) is 13.8. The van der Waals surface area contributed by atoms with Crippen molar-refractivity contribution >= 4 is 11.7 Å². The molecule has 1 saturated heterocycles. The Bertz CT molecular complexity index is 273. The third-order valence-corrected chi connectivity index (χ3v) is 3.21. The molecule has 0 aromatic heterocycles. The van der Waals surface area contributed by atoms with Crippen LogP contribution in [0.15, 0.2) is 5.16 Å². The molecule has 0 unspecified atom stereocenters. The van der Waals surface area contributed by atoms with Crippen molar-refractivity contribution in [3.63, 3.8) is 0 Å².